The number of amides is 1. The third-order valence-electron chi connectivity index (χ3n) is 5.28. The van der Waals surface area contributed by atoms with Gasteiger partial charge in [-0.1, -0.05) is 48.5 Å². The van der Waals surface area contributed by atoms with E-state index in [4.69, 9.17) is 23.7 Å². The summed E-state index contributed by atoms with van der Waals surface area (Å²) in [5.41, 5.74) is 1.30. The molecule has 2 saturated heterocycles. The van der Waals surface area contributed by atoms with Gasteiger partial charge in [-0.2, -0.15) is 0 Å². The number of carbonyl (C=O) groups is 2. The summed E-state index contributed by atoms with van der Waals surface area (Å²) < 4.78 is 29.1. The van der Waals surface area contributed by atoms with Gasteiger partial charge in [0.25, 0.3) is 5.91 Å². The molecule has 0 radical (unpaired) electrons. The Morgan fingerprint density at radius 1 is 1.00 bits per heavy atom. The van der Waals surface area contributed by atoms with Crippen LogP contribution in [-0.2, 0) is 28.5 Å². The summed E-state index contributed by atoms with van der Waals surface area (Å²) in [5.74, 6) is -0.829. The highest BCUT2D eigenvalue weighted by Gasteiger charge is 2.52. The molecule has 8 nitrogen and oxygen atoms in total. The van der Waals surface area contributed by atoms with Gasteiger partial charge in [-0.3, -0.25) is 9.59 Å². The van der Waals surface area contributed by atoms with Gasteiger partial charge in [0.2, 0.25) is 0 Å². The van der Waals surface area contributed by atoms with E-state index in [-0.39, 0.29) is 12.5 Å². The first-order valence-corrected chi connectivity index (χ1v) is 10.1. The predicted octanol–water partition coefficient (Wildman–Crippen LogP) is 2.20. The van der Waals surface area contributed by atoms with Crippen LogP contribution < -0.4 is 5.32 Å². The Bertz CT molecular complexity index is 891. The Hall–Kier alpha value is -2.78. The number of esters is 1. The van der Waals surface area contributed by atoms with E-state index in [0.29, 0.717) is 5.56 Å². The van der Waals surface area contributed by atoms with E-state index < -0.39 is 42.9 Å². The quantitative estimate of drug-likeness (QED) is 0.732. The van der Waals surface area contributed by atoms with Gasteiger partial charge in [-0.25, -0.2) is 0 Å². The highest BCUT2D eigenvalue weighted by Crippen LogP contribution is 2.35. The summed E-state index contributed by atoms with van der Waals surface area (Å²) in [6.45, 7) is 1.54. The number of rotatable bonds is 5. The third-order valence-corrected chi connectivity index (χ3v) is 5.28. The van der Waals surface area contributed by atoms with Crippen LogP contribution in [0.3, 0.4) is 0 Å². The van der Waals surface area contributed by atoms with E-state index in [9.17, 15) is 9.59 Å². The minimum absolute atomic E-state index is 0.223. The molecule has 8 heteroatoms. The molecular formula is C23H25NO7. The first kappa shape index (κ1) is 21.5. The minimum Gasteiger partial charge on any atom is -0.457 e. The molecule has 4 rings (SSSR count). The van der Waals surface area contributed by atoms with Crippen LogP contribution in [-0.4, -0.2) is 56.2 Å². The second kappa shape index (κ2) is 9.57. The van der Waals surface area contributed by atoms with Gasteiger partial charge in [-0.15, -0.1) is 0 Å². The molecule has 31 heavy (non-hydrogen) atoms. The zero-order valence-corrected chi connectivity index (χ0v) is 17.3. The molecule has 0 aromatic heterocycles. The standard InChI is InChI=1S/C23H25NO7/c1-14(25)29-20-18(24-21(26)15-9-5-3-6-10-15)23(27-2)30-17-13-28-22(31-19(17)20)16-11-7-4-8-12-16/h3-12,17-20,22-23H,13H2,1-2H3,(H,24,26)/t17-,18-,19-,20+,22-,23-/m1/s1. The van der Waals surface area contributed by atoms with Crippen molar-refractivity contribution in [2.75, 3.05) is 13.7 Å². The number of hydrogen-bond acceptors (Lipinski definition) is 7. The minimum atomic E-state index is -0.848. The lowest BCUT2D eigenvalue weighted by atomic mass is 9.95. The molecule has 2 fully saturated rings. The Kier molecular flexibility index (Phi) is 6.62. The van der Waals surface area contributed by atoms with Gasteiger partial charge >= 0.3 is 5.97 Å². The average molecular weight is 427 g/mol. The van der Waals surface area contributed by atoms with E-state index in [1.165, 1.54) is 14.0 Å². The summed E-state index contributed by atoms with van der Waals surface area (Å²) >= 11 is 0. The summed E-state index contributed by atoms with van der Waals surface area (Å²) in [7, 11) is 1.47. The number of fused-ring (bicyclic) bond motifs is 1. The second-order valence-corrected chi connectivity index (χ2v) is 7.39. The molecule has 0 spiro atoms. The number of carbonyl (C=O) groups excluding carboxylic acids is 2. The SMILES string of the molecule is CO[C@@H]1O[C@@H]2CO[C@@H](c3ccccc3)O[C@H]2[C@@H](OC(C)=O)[C@H]1NC(=O)c1ccccc1. The normalized spacial score (nSPS) is 30.1. The first-order chi connectivity index (χ1) is 15.1. The van der Waals surface area contributed by atoms with Gasteiger partial charge < -0.3 is 29.0 Å². The molecule has 1 amide bonds. The number of benzene rings is 2. The van der Waals surface area contributed by atoms with Gasteiger partial charge in [0.05, 0.1) is 6.61 Å². The number of nitrogens with one attached hydrogen (secondary N) is 1. The number of hydrogen-bond donors (Lipinski definition) is 1. The molecule has 2 aliphatic rings. The molecule has 6 atom stereocenters. The average Bonchev–Trinajstić information content (AvgIpc) is 2.80. The van der Waals surface area contributed by atoms with Crippen LogP contribution in [0, 0.1) is 0 Å². The molecule has 2 aromatic carbocycles. The Balaban J connectivity index is 1.60. The highest BCUT2D eigenvalue weighted by molar-refractivity contribution is 5.94. The van der Waals surface area contributed by atoms with Crippen molar-refractivity contribution in [2.24, 2.45) is 0 Å². The zero-order valence-electron chi connectivity index (χ0n) is 17.3. The summed E-state index contributed by atoms with van der Waals surface area (Å²) in [5, 5.41) is 2.89. The van der Waals surface area contributed by atoms with Crippen molar-refractivity contribution in [1.82, 2.24) is 5.32 Å². The maximum Gasteiger partial charge on any atom is 0.303 e. The fraction of sp³-hybridized carbons (Fsp3) is 0.391. The maximum atomic E-state index is 12.8. The van der Waals surface area contributed by atoms with Gasteiger partial charge in [0.1, 0.15) is 18.2 Å². The van der Waals surface area contributed by atoms with Crippen molar-refractivity contribution in [3.05, 3.63) is 71.8 Å². The van der Waals surface area contributed by atoms with Crippen LogP contribution in [0.5, 0.6) is 0 Å². The van der Waals surface area contributed by atoms with Gasteiger partial charge in [0, 0.05) is 25.2 Å². The molecule has 1 N–H and O–H groups in total. The van der Waals surface area contributed by atoms with Crippen molar-refractivity contribution in [3.63, 3.8) is 0 Å². The number of methoxy groups -OCH3 is 1. The lowest BCUT2D eigenvalue weighted by molar-refractivity contribution is -0.341. The van der Waals surface area contributed by atoms with Crippen LogP contribution in [0.2, 0.25) is 0 Å². The van der Waals surface area contributed by atoms with Crippen molar-refractivity contribution >= 4 is 11.9 Å². The molecule has 164 valence electrons. The van der Waals surface area contributed by atoms with Crippen LogP contribution in [0.15, 0.2) is 60.7 Å². The van der Waals surface area contributed by atoms with Crippen LogP contribution in [0.25, 0.3) is 0 Å². The van der Waals surface area contributed by atoms with Crippen molar-refractivity contribution < 1.29 is 33.3 Å². The summed E-state index contributed by atoms with van der Waals surface area (Å²) in [6.07, 6.45) is -3.51. The maximum absolute atomic E-state index is 12.8. The highest BCUT2D eigenvalue weighted by atomic mass is 16.7. The fourth-order valence-corrected chi connectivity index (χ4v) is 3.86. The Labute approximate surface area is 180 Å². The second-order valence-electron chi connectivity index (χ2n) is 7.39. The topological polar surface area (TPSA) is 92.3 Å². The Morgan fingerprint density at radius 2 is 1.68 bits per heavy atom. The van der Waals surface area contributed by atoms with Gasteiger partial charge in [-0.05, 0) is 12.1 Å². The largest absolute Gasteiger partial charge is 0.457 e. The van der Waals surface area contributed by atoms with Crippen LogP contribution >= 0.6 is 0 Å². The van der Waals surface area contributed by atoms with Crippen LogP contribution in [0.4, 0.5) is 0 Å². The lowest BCUT2D eigenvalue weighted by Crippen LogP contribution is -2.67. The molecule has 0 unspecified atom stereocenters. The smallest absolute Gasteiger partial charge is 0.303 e. The van der Waals surface area contributed by atoms with E-state index in [0.717, 1.165) is 5.56 Å². The first-order valence-electron chi connectivity index (χ1n) is 10.1. The predicted molar refractivity (Wildman–Crippen MR) is 109 cm³/mol. The van der Waals surface area contributed by atoms with E-state index in [1.807, 2.05) is 36.4 Å². The summed E-state index contributed by atoms with van der Waals surface area (Å²) in [6, 6.07) is 17.4. The van der Waals surface area contributed by atoms with E-state index in [2.05, 4.69) is 5.32 Å². The fourth-order valence-electron chi connectivity index (χ4n) is 3.86. The van der Waals surface area contributed by atoms with Gasteiger partial charge in [0.15, 0.2) is 18.7 Å². The van der Waals surface area contributed by atoms with Crippen molar-refractivity contribution in [2.45, 2.75) is 43.9 Å². The zero-order chi connectivity index (χ0) is 21.8. The molecule has 2 aromatic rings. The van der Waals surface area contributed by atoms with Crippen molar-refractivity contribution in [1.29, 1.82) is 0 Å². The molecular weight excluding hydrogens is 402 g/mol. The van der Waals surface area contributed by atoms with Crippen molar-refractivity contribution in [3.8, 4) is 0 Å². The monoisotopic (exact) mass is 427 g/mol. The number of ether oxygens (including phenoxy) is 5. The van der Waals surface area contributed by atoms with E-state index in [1.54, 1.807) is 24.3 Å². The summed E-state index contributed by atoms with van der Waals surface area (Å²) in [4.78, 5) is 24.8. The molecule has 2 heterocycles. The third kappa shape index (κ3) is 4.77. The van der Waals surface area contributed by atoms with E-state index >= 15 is 0 Å². The molecule has 0 saturated carbocycles. The Morgan fingerprint density at radius 3 is 2.32 bits per heavy atom. The lowest BCUT2D eigenvalue weighted by Gasteiger charge is -2.48. The molecule has 0 bridgehead atoms. The van der Waals surface area contributed by atoms with Crippen LogP contribution in [0.1, 0.15) is 29.1 Å². The molecule has 2 aliphatic heterocycles. The molecule has 0 aliphatic carbocycles.